The van der Waals surface area contributed by atoms with Crippen LogP contribution in [-0.2, 0) is 14.3 Å². The van der Waals surface area contributed by atoms with Crippen molar-refractivity contribution in [2.75, 3.05) is 13.2 Å². The lowest BCUT2D eigenvalue weighted by Gasteiger charge is -2.20. The van der Waals surface area contributed by atoms with E-state index in [4.69, 9.17) is 4.74 Å². The van der Waals surface area contributed by atoms with E-state index >= 15 is 0 Å². The van der Waals surface area contributed by atoms with E-state index < -0.39 is 12.1 Å². The van der Waals surface area contributed by atoms with Crippen LogP contribution in [0.25, 0.3) is 0 Å². The van der Waals surface area contributed by atoms with Gasteiger partial charge in [0.2, 0.25) is 5.91 Å². The van der Waals surface area contributed by atoms with Crippen molar-refractivity contribution < 1.29 is 24.5 Å². The standard InChI is InChI=1S/C47H89NO5/c1-3-5-7-9-11-13-15-17-18-20-25-29-33-37-41-47(52)53-42-38-34-30-26-22-21-24-28-32-36-40-46(51)48-44(43-49)45(50)39-35-31-27-23-19-16-14-12-10-8-6-4-2/h15,17,35,39,44-45,49-50H,3-14,16,18-34,36-38,40-43H2,1-2H3,(H,48,51)/b17-15-,39-35+. The molecule has 0 aliphatic rings. The van der Waals surface area contributed by atoms with Crippen molar-refractivity contribution in [3.8, 4) is 0 Å². The maximum Gasteiger partial charge on any atom is 0.305 e. The van der Waals surface area contributed by atoms with Crippen molar-refractivity contribution >= 4 is 11.9 Å². The summed E-state index contributed by atoms with van der Waals surface area (Å²) in [5.74, 6) is -0.123. The van der Waals surface area contributed by atoms with Gasteiger partial charge in [0.1, 0.15) is 0 Å². The second-order valence-electron chi connectivity index (χ2n) is 15.7. The molecule has 0 aromatic rings. The van der Waals surface area contributed by atoms with E-state index in [2.05, 4.69) is 31.3 Å². The molecule has 0 rings (SSSR count). The maximum atomic E-state index is 12.4. The van der Waals surface area contributed by atoms with Gasteiger partial charge in [0.15, 0.2) is 0 Å². The number of ether oxygens (including phenoxy) is 1. The lowest BCUT2D eigenvalue weighted by atomic mass is 10.0. The van der Waals surface area contributed by atoms with Gasteiger partial charge in [-0.3, -0.25) is 9.59 Å². The number of esters is 1. The van der Waals surface area contributed by atoms with Crippen LogP contribution in [0.4, 0.5) is 0 Å². The summed E-state index contributed by atoms with van der Waals surface area (Å²) in [6, 6.07) is -0.643. The predicted molar refractivity (Wildman–Crippen MR) is 227 cm³/mol. The number of nitrogens with one attached hydrogen (secondary N) is 1. The number of aliphatic hydroxyl groups excluding tert-OH is 2. The Morgan fingerprint density at radius 2 is 0.887 bits per heavy atom. The molecule has 6 nitrogen and oxygen atoms in total. The highest BCUT2D eigenvalue weighted by Gasteiger charge is 2.18. The highest BCUT2D eigenvalue weighted by Crippen LogP contribution is 2.14. The van der Waals surface area contributed by atoms with Gasteiger partial charge in [-0.25, -0.2) is 0 Å². The van der Waals surface area contributed by atoms with E-state index in [1.807, 2.05) is 6.08 Å². The molecule has 0 aromatic carbocycles. The van der Waals surface area contributed by atoms with Gasteiger partial charge in [-0.05, 0) is 57.8 Å². The molecule has 0 heterocycles. The van der Waals surface area contributed by atoms with Gasteiger partial charge >= 0.3 is 5.97 Å². The molecule has 0 saturated carbocycles. The van der Waals surface area contributed by atoms with Crippen LogP contribution in [0.15, 0.2) is 24.3 Å². The van der Waals surface area contributed by atoms with Crippen LogP contribution in [-0.4, -0.2) is 47.4 Å². The number of hydrogen-bond donors (Lipinski definition) is 3. The van der Waals surface area contributed by atoms with Gasteiger partial charge < -0.3 is 20.3 Å². The molecule has 0 aliphatic carbocycles. The Morgan fingerprint density at radius 1 is 0.509 bits per heavy atom. The summed E-state index contributed by atoms with van der Waals surface area (Å²) in [7, 11) is 0. The quantitative estimate of drug-likeness (QED) is 0.0328. The Morgan fingerprint density at radius 3 is 1.34 bits per heavy atom. The molecule has 53 heavy (non-hydrogen) atoms. The smallest absolute Gasteiger partial charge is 0.305 e. The van der Waals surface area contributed by atoms with E-state index in [-0.39, 0.29) is 18.5 Å². The molecular weight excluding hydrogens is 659 g/mol. The summed E-state index contributed by atoms with van der Waals surface area (Å²) in [6.45, 7) is 4.82. The minimum atomic E-state index is -0.857. The zero-order valence-electron chi connectivity index (χ0n) is 35.2. The normalized spacial score (nSPS) is 12.9. The van der Waals surface area contributed by atoms with Crippen molar-refractivity contribution in [2.24, 2.45) is 0 Å². The molecule has 3 N–H and O–H groups in total. The van der Waals surface area contributed by atoms with Crippen molar-refractivity contribution in [1.82, 2.24) is 5.32 Å². The van der Waals surface area contributed by atoms with Gasteiger partial charge in [0, 0.05) is 12.8 Å². The Hall–Kier alpha value is -1.66. The Balaban J connectivity index is 3.52. The average Bonchev–Trinajstić information content (AvgIpc) is 3.16. The first-order chi connectivity index (χ1) is 26.0. The number of aliphatic hydroxyl groups is 2. The number of carbonyl (C=O) groups is 2. The molecule has 0 bridgehead atoms. The molecule has 2 unspecified atom stereocenters. The van der Waals surface area contributed by atoms with Crippen molar-refractivity contribution in [3.05, 3.63) is 24.3 Å². The van der Waals surface area contributed by atoms with Gasteiger partial charge in [0.25, 0.3) is 0 Å². The number of amides is 1. The molecule has 0 spiro atoms. The first kappa shape index (κ1) is 51.3. The summed E-state index contributed by atoms with van der Waals surface area (Å²) in [5.41, 5.74) is 0. The van der Waals surface area contributed by atoms with Crippen molar-refractivity contribution in [1.29, 1.82) is 0 Å². The van der Waals surface area contributed by atoms with Crippen LogP contribution in [0, 0.1) is 0 Å². The van der Waals surface area contributed by atoms with E-state index in [1.165, 1.54) is 154 Å². The third kappa shape index (κ3) is 39.8. The van der Waals surface area contributed by atoms with Crippen molar-refractivity contribution in [2.45, 2.75) is 251 Å². The van der Waals surface area contributed by atoms with Gasteiger partial charge in [-0.15, -0.1) is 0 Å². The molecule has 6 heteroatoms. The molecule has 0 saturated heterocycles. The largest absolute Gasteiger partial charge is 0.466 e. The fourth-order valence-corrected chi connectivity index (χ4v) is 6.86. The number of unbranched alkanes of at least 4 members (excludes halogenated alkanes) is 29. The zero-order valence-corrected chi connectivity index (χ0v) is 35.2. The minimum absolute atomic E-state index is 0.0302. The number of allylic oxidation sites excluding steroid dienone is 3. The lowest BCUT2D eigenvalue weighted by Crippen LogP contribution is -2.45. The highest BCUT2D eigenvalue weighted by molar-refractivity contribution is 5.76. The van der Waals surface area contributed by atoms with Crippen LogP contribution < -0.4 is 5.32 Å². The monoisotopic (exact) mass is 748 g/mol. The third-order valence-corrected chi connectivity index (χ3v) is 10.5. The molecule has 0 aliphatic heterocycles. The van der Waals surface area contributed by atoms with Crippen LogP contribution in [0.5, 0.6) is 0 Å². The summed E-state index contributed by atoms with van der Waals surface area (Å²) >= 11 is 0. The van der Waals surface area contributed by atoms with Crippen LogP contribution in [0.2, 0.25) is 0 Å². The molecule has 312 valence electrons. The van der Waals surface area contributed by atoms with E-state index in [0.29, 0.717) is 19.4 Å². The Bertz CT molecular complexity index is 828. The summed E-state index contributed by atoms with van der Waals surface area (Å²) in [5, 5.41) is 22.9. The lowest BCUT2D eigenvalue weighted by molar-refractivity contribution is -0.143. The second kappa shape index (κ2) is 43.1. The van der Waals surface area contributed by atoms with Gasteiger partial charge in [-0.2, -0.15) is 0 Å². The molecule has 1 amide bonds. The topological polar surface area (TPSA) is 95.9 Å². The van der Waals surface area contributed by atoms with Crippen LogP contribution >= 0.6 is 0 Å². The van der Waals surface area contributed by atoms with E-state index in [0.717, 1.165) is 57.8 Å². The molecule has 0 aromatic heterocycles. The molecular formula is C47H89NO5. The predicted octanol–water partition coefficient (Wildman–Crippen LogP) is 13.2. The summed E-state index contributed by atoms with van der Waals surface area (Å²) in [4.78, 5) is 24.4. The maximum absolute atomic E-state index is 12.4. The first-order valence-corrected chi connectivity index (χ1v) is 23.1. The first-order valence-electron chi connectivity index (χ1n) is 23.1. The molecule has 0 radical (unpaired) electrons. The van der Waals surface area contributed by atoms with Crippen LogP contribution in [0.3, 0.4) is 0 Å². The zero-order chi connectivity index (χ0) is 38.7. The average molecular weight is 748 g/mol. The number of carbonyl (C=O) groups excluding carboxylic acids is 2. The fourth-order valence-electron chi connectivity index (χ4n) is 6.86. The minimum Gasteiger partial charge on any atom is -0.466 e. The fraction of sp³-hybridized carbons (Fsp3) is 0.872. The SMILES string of the molecule is CCCCCCC/C=C\CCCCCCCC(=O)OCCCCCCCCCCCCC(=O)NC(CO)C(O)/C=C/CCCCCCCCCCCC. The Kier molecular flexibility index (Phi) is 41.7. The number of rotatable bonds is 42. The third-order valence-electron chi connectivity index (χ3n) is 10.5. The number of hydrogen-bond acceptors (Lipinski definition) is 5. The van der Waals surface area contributed by atoms with E-state index in [9.17, 15) is 19.8 Å². The summed E-state index contributed by atoms with van der Waals surface area (Å²) in [6.07, 6.45) is 48.7. The highest BCUT2D eigenvalue weighted by atomic mass is 16.5. The molecule has 2 atom stereocenters. The van der Waals surface area contributed by atoms with Gasteiger partial charge in [-0.1, -0.05) is 192 Å². The second-order valence-corrected chi connectivity index (χ2v) is 15.7. The molecule has 0 fully saturated rings. The van der Waals surface area contributed by atoms with Gasteiger partial charge in [0.05, 0.1) is 25.4 Å². The van der Waals surface area contributed by atoms with E-state index in [1.54, 1.807) is 6.08 Å². The Labute approximate surface area is 329 Å². The van der Waals surface area contributed by atoms with Crippen molar-refractivity contribution in [3.63, 3.8) is 0 Å². The van der Waals surface area contributed by atoms with Crippen LogP contribution in [0.1, 0.15) is 239 Å². The summed E-state index contributed by atoms with van der Waals surface area (Å²) < 4.78 is 5.44.